The van der Waals surface area contributed by atoms with Gasteiger partial charge >= 0.3 is 154 Å². The van der Waals surface area contributed by atoms with Gasteiger partial charge in [-0.1, -0.05) is 29.8 Å². The number of hydrogen-bond donors (Lipinski definition) is 0. The quantitative estimate of drug-likeness (QED) is 0.0790. The molecule has 53 heavy (non-hydrogen) atoms. The molecule has 0 saturated carbocycles. The number of rotatable bonds is 13. The average molecular weight is 952 g/mol. The zero-order valence-corrected chi connectivity index (χ0v) is 44.5. The maximum absolute atomic E-state index is 11.8. The molecule has 0 amide bonds. The van der Waals surface area contributed by atoms with Crippen LogP contribution in [-0.4, -0.2) is 86.8 Å². The van der Waals surface area contributed by atoms with E-state index in [9.17, 15) is 51.9 Å². The van der Waals surface area contributed by atoms with Crippen molar-refractivity contribution in [3.8, 4) is 0 Å². The molecule has 0 bridgehead atoms. The largest absolute Gasteiger partial charge is 1.00 e. The van der Waals surface area contributed by atoms with E-state index in [0.717, 1.165) is 12.1 Å². The Morgan fingerprint density at radius 1 is 0.755 bits per heavy atom. The van der Waals surface area contributed by atoms with E-state index in [1.165, 1.54) is 24.3 Å². The fourth-order valence-electron chi connectivity index (χ4n) is 6.27. The Bertz CT molecular complexity index is 2310. The molecule has 0 aliphatic carbocycles. The number of halogens is 1. The van der Waals surface area contributed by atoms with E-state index >= 15 is 0 Å². The van der Waals surface area contributed by atoms with Crippen molar-refractivity contribution in [2.45, 2.75) is 61.2 Å². The SMILES string of the molecule is CC1(C)C(/C=C/C(Br)=C/C=C2\N(CCCS(=O)(=O)[O-])c3ccc(S(=O)(=O)[O-])cc3C2(C)C)=[N+](CCCS(=O)(=O)[O-])c2ccc(S(=O)(=O)[O-])cc21.[K+].[K+].[K+]. The van der Waals surface area contributed by atoms with Crippen molar-refractivity contribution >= 4 is 73.5 Å². The summed E-state index contributed by atoms with van der Waals surface area (Å²) in [4.78, 5) is 0.894. The van der Waals surface area contributed by atoms with Gasteiger partial charge in [-0.15, -0.1) is 0 Å². The molecule has 14 nitrogen and oxygen atoms in total. The first-order valence-electron chi connectivity index (χ1n) is 15.0. The van der Waals surface area contributed by atoms with Gasteiger partial charge in [0.25, 0.3) is 0 Å². The molecular formula is C31H34BrK3N2O12S4. The molecule has 0 saturated heterocycles. The topological polar surface area (TPSA) is 235 Å². The first-order chi connectivity index (χ1) is 22.7. The van der Waals surface area contributed by atoms with Gasteiger partial charge in [0, 0.05) is 63.5 Å². The van der Waals surface area contributed by atoms with Gasteiger partial charge < -0.3 is 23.1 Å². The van der Waals surface area contributed by atoms with Gasteiger partial charge in [-0.05, 0) is 74.4 Å². The van der Waals surface area contributed by atoms with Crippen LogP contribution in [0, 0.1) is 0 Å². The number of allylic oxidation sites excluding steroid dienone is 6. The van der Waals surface area contributed by atoms with E-state index in [1.807, 2.05) is 0 Å². The van der Waals surface area contributed by atoms with Gasteiger partial charge in [-0.3, -0.25) is 0 Å². The fraction of sp³-hybridized carbons (Fsp3) is 0.387. The molecule has 0 aromatic heterocycles. The second-order valence-electron chi connectivity index (χ2n) is 12.9. The van der Waals surface area contributed by atoms with Crippen LogP contribution in [0.2, 0.25) is 0 Å². The molecule has 2 heterocycles. The van der Waals surface area contributed by atoms with E-state index in [1.54, 1.807) is 61.5 Å². The van der Waals surface area contributed by atoms with Crippen LogP contribution >= 0.6 is 15.9 Å². The third-order valence-corrected chi connectivity index (χ3v) is 12.4. The minimum atomic E-state index is -4.78. The molecule has 2 aromatic rings. The summed E-state index contributed by atoms with van der Waals surface area (Å²) >= 11 is 3.51. The molecule has 0 radical (unpaired) electrons. The second kappa shape index (κ2) is 20.1. The minimum absolute atomic E-state index is 0. The summed E-state index contributed by atoms with van der Waals surface area (Å²) in [5.74, 6) is -1.25. The van der Waals surface area contributed by atoms with Crippen LogP contribution in [0.15, 0.2) is 80.7 Å². The van der Waals surface area contributed by atoms with Crippen molar-refractivity contribution in [2.75, 3.05) is 29.5 Å². The minimum Gasteiger partial charge on any atom is -0.748 e. The molecule has 22 heteroatoms. The summed E-state index contributed by atoms with van der Waals surface area (Å²) in [6.45, 7) is 7.37. The summed E-state index contributed by atoms with van der Waals surface area (Å²) in [5.41, 5.74) is 1.54. The van der Waals surface area contributed by atoms with Crippen LogP contribution in [0.4, 0.5) is 11.4 Å². The van der Waals surface area contributed by atoms with E-state index in [0.29, 0.717) is 38.4 Å². The van der Waals surface area contributed by atoms with Gasteiger partial charge in [0.15, 0.2) is 5.71 Å². The fourth-order valence-corrected chi connectivity index (χ4v) is 8.50. The first-order valence-corrected chi connectivity index (χ1v) is 21.8. The van der Waals surface area contributed by atoms with Crippen molar-refractivity contribution in [2.24, 2.45) is 0 Å². The number of benzene rings is 2. The Morgan fingerprint density at radius 2 is 1.26 bits per heavy atom. The van der Waals surface area contributed by atoms with Crippen molar-refractivity contribution in [1.29, 1.82) is 0 Å². The second-order valence-corrected chi connectivity index (χ2v) is 19.6. The van der Waals surface area contributed by atoms with E-state index < -0.39 is 72.6 Å². The van der Waals surface area contributed by atoms with E-state index in [2.05, 4.69) is 15.9 Å². The van der Waals surface area contributed by atoms with Gasteiger partial charge in [0.05, 0.1) is 35.4 Å². The first kappa shape index (κ1) is 53.2. The molecule has 0 unspecified atom stereocenters. The third-order valence-electron chi connectivity index (χ3n) is 8.66. The van der Waals surface area contributed by atoms with Crippen molar-refractivity contribution in [1.82, 2.24) is 0 Å². The normalized spacial score (nSPS) is 17.6. The van der Waals surface area contributed by atoms with Crippen molar-refractivity contribution in [3.63, 3.8) is 0 Å². The van der Waals surface area contributed by atoms with Crippen LogP contribution in [0.25, 0.3) is 0 Å². The average Bonchev–Trinajstić information content (AvgIpc) is 3.30. The Labute approximate surface area is 447 Å². The number of anilines is 1. The van der Waals surface area contributed by atoms with Crippen LogP contribution in [0.1, 0.15) is 51.7 Å². The molecule has 0 fully saturated rings. The predicted molar refractivity (Wildman–Crippen MR) is 185 cm³/mol. The molecule has 2 aromatic carbocycles. The molecule has 2 aliphatic rings. The molecule has 0 atom stereocenters. The molecule has 4 rings (SSSR count). The van der Waals surface area contributed by atoms with Crippen LogP contribution in [0.5, 0.6) is 0 Å². The number of fused-ring (bicyclic) bond motifs is 2. The Kier molecular flexibility index (Phi) is 20.2. The summed E-state index contributed by atoms with van der Waals surface area (Å²) in [6, 6.07) is 7.80. The molecule has 0 N–H and O–H groups in total. The summed E-state index contributed by atoms with van der Waals surface area (Å²) < 4.78 is 141. The van der Waals surface area contributed by atoms with E-state index in [4.69, 9.17) is 0 Å². The standard InChI is InChI=1S/C31H37BrN2O12S4.3K/c1-30(2)24-19-22(49(41,42)43)9-11-26(24)33(15-5-17-47(35,36)37)28(30)13-7-21(32)8-14-29-31(3,4)25-20-23(50(44,45)46)10-12-27(25)34(29)16-6-18-48(38,39)40;;;/h7-14,19-20H,5-6,15-18H2,1-4H3,(H3-,35,36,37,38,39,40,41,42,43,44,45,46);;;/q;3*+1/p-3. The maximum atomic E-state index is 11.8. The van der Waals surface area contributed by atoms with E-state index in [-0.39, 0.29) is 180 Å². The Morgan fingerprint density at radius 3 is 1.79 bits per heavy atom. The van der Waals surface area contributed by atoms with Gasteiger partial charge in [0.1, 0.15) is 26.8 Å². The van der Waals surface area contributed by atoms with Crippen LogP contribution in [0.3, 0.4) is 0 Å². The summed E-state index contributed by atoms with van der Waals surface area (Å²) in [6.07, 6.45) is 6.72. The van der Waals surface area contributed by atoms with Gasteiger partial charge in [0.2, 0.25) is 5.69 Å². The number of nitrogens with zero attached hydrogens (tertiary/aromatic N) is 2. The van der Waals surface area contributed by atoms with Crippen molar-refractivity contribution in [3.05, 3.63) is 82.0 Å². The Hall–Kier alpha value is 2.16. The smallest absolute Gasteiger partial charge is 0.748 e. The zero-order chi connectivity index (χ0) is 37.7. The van der Waals surface area contributed by atoms with Crippen molar-refractivity contribution < 1.29 is 211 Å². The molecule has 0 spiro atoms. The van der Waals surface area contributed by atoms with Gasteiger partial charge in [-0.2, -0.15) is 4.58 Å². The number of hydrogen-bond acceptors (Lipinski definition) is 13. The van der Waals surface area contributed by atoms with Gasteiger partial charge in [-0.25, -0.2) is 33.7 Å². The molecule has 274 valence electrons. The monoisotopic (exact) mass is 950 g/mol. The molecular weight excluding hydrogens is 918 g/mol. The third kappa shape index (κ3) is 13.6. The predicted octanol–water partition coefficient (Wildman–Crippen LogP) is -5.73. The Balaban J connectivity index is 0.00000468. The maximum Gasteiger partial charge on any atom is 1.00 e. The zero-order valence-electron chi connectivity index (χ0n) is 30.3. The molecule has 2 aliphatic heterocycles. The van der Waals surface area contributed by atoms with Crippen LogP contribution < -0.4 is 159 Å². The van der Waals surface area contributed by atoms with Crippen LogP contribution in [-0.2, 0) is 51.3 Å². The summed E-state index contributed by atoms with van der Waals surface area (Å²) in [7, 11) is -18.6. The summed E-state index contributed by atoms with van der Waals surface area (Å²) in [5, 5.41) is 0.